The minimum Gasteiger partial charge on any atom is -0.444 e. The monoisotopic (exact) mass is 285 g/mol. The number of hydrogen-bond donors (Lipinski definition) is 1. The van der Waals surface area contributed by atoms with Crippen molar-refractivity contribution in [3.8, 4) is 0 Å². The number of likely N-dealkylation sites (tertiary alicyclic amines) is 1. The van der Waals surface area contributed by atoms with Gasteiger partial charge in [-0.25, -0.2) is 4.79 Å². The molecule has 2 unspecified atom stereocenters. The predicted octanol–water partition coefficient (Wildman–Crippen LogP) is 3.29. The lowest BCUT2D eigenvalue weighted by molar-refractivity contribution is 0.00635. The first-order valence-corrected chi connectivity index (χ1v) is 7.63. The zero-order valence-electron chi connectivity index (χ0n) is 13.9. The van der Waals surface area contributed by atoms with Crippen LogP contribution < -0.4 is 0 Å². The van der Waals surface area contributed by atoms with E-state index < -0.39 is 5.60 Å². The van der Waals surface area contributed by atoms with Crippen LogP contribution >= 0.6 is 0 Å². The fourth-order valence-corrected chi connectivity index (χ4v) is 2.76. The molecule has 0 radical (unpaired) electrons. The summed E-state index contributed by atoms with van der Waals surface area (Å²) in [5.41, 5.74) is -0.469. The summed E-state index contributed by atoms with van der Waals surface area (Å²) in [6.07, 6.45) is 1.79. The molecule has 1 N–H and O–H groups in total. The Kier molecular flexibility index (Phi) is 5.47. The van der Waals surface area contributed by atoms with Crippen LogP contribution in [0.25, 0.3) is 0 Å². The first kappa shape index (κ1) is 17.3. The molecule has 0 aromatic rings. The number of carbonyl (C=O) groups excluding carboxylic acids is 1. The van der Waals surface area contributed by atoms with Crippen molar-refractivity contribution in [1.82, 2.24) is 4.90 Å². The van der Waals surface area contributed by atoms with Crippen LogP contribution in [0.3, 0.4) is 0 Å². The molecular formula is C16H31NO3. The number of rotatable bonds is 3. The predicted molar refractivity (Wildman–Crippen MR) is 80.6 cm³/mol. The van der Waals surface area contributed by atoms with Crippen LogP contribution in [-0.4, -0.2) is 41.4 Å². The molecule has 0 bridgehead atoms. The van der Waals surface area contributed by atoms with E-state index in [9.17, 15) is 9.90 Å². The van der Waals surface area contributed by atoms with E-state index in [1.807, 2.05) is 25.7 Å². The number of nitrogens with zero attached hydrogens (tertiary/aromatic N) is 1. The van der Waals surface area contributed by atoms with E-state index in [4.69, 9.17) is 4.74 Å². The summed E-state index contributed by atoms with van der Waals surface area (Å²) in [5.74, 6) is 1.01. The molecule has 2 atom stereocenters. The number of aliphatic hydroxyl groups is 1. The van der Waals surface area contributed by atoms with E-state index in [-0.39, 0.29) is 18.1 Å². The van der Waals surface area contributed by atoms with Crippen LogP contribution in [0, 0.1) is 17.3 Å². The largest absolute Gasteiger partial charge is 0.444 e. The average molecular weight is 285 g/mol. The Balaban J connectivity index is 2.53. The molecule has 20 heavy (non-hydrogen) atoms. The van der Waals surface area contributed by atoms with E-state index in [2.05, 4.69) is 20.8 Å². The maximum atomic E-state index is 12.1. The number of ether oxygens (including phenoxy) is 1. The minimum absolute atomic E-state index is 0.0347. The lowest BCUT2D eigenvalue weighted by Gasteiger charge is -2.40. The molecule has 0 aromatic carbocycles. The molecule has 0 aromatic heterocycles. The van der Waals surface area contributed by atoms with Crippen LogP contribution in [0.5, 0.6) is 0 Å². The fourth-order valence-electron chi connectivity index (χ4n) is 2.76. The van der Waals surface area contributed by atoms with Gasteiger partial charge >= 0.3 is 6.09 Å². The second kappa shape index (κ2) is 6.33. The number of hydrogen-bond acceptors (Lipinski definition) is 3. The van der Waals surface area contributed by atoms with Gasteiger partial charge in [0.2, 0.25) is 0 Å². The number of amides is 1. The molecule has 1 rings (SSSR count). The van der Waals surface area contributed by atoms with Crippen LogP contribution in [0.4, 0.5) is 4.79 Å². The Bertz CT molecular complexity index is 333. The highest BCUT2D eigenvalue weighted by Gasteiger charge is 2.33. The second-order valence-corrected chi connectivity index (χ2v) is 7.98. The lowest BCUT2D eigenvalue weighted by atomic mass is 9.75. The Morgan fingerprint density at radius 3 is 2.35 bits per heavy atom. The summed E-state index contributed by atoms with van der Waals surface area (Å²) >= 11 is 0. The quantitative estimate of drug-likeness (QED) is 0.865. The highest BCUT2D eigenvalue weighted by Crippen LogP contribution is 2.34. The van der Waals surface area contributed by atoms with E-state index >= 15 is 0 Å². The highest BCUT2D eigenvalue weighted by molar-refractivity contribution is 5.68. The topological polar surface area (TPSA) is 49.8 Å². The van der Waals surface area contributed by atoms with Gasteiger partial charge in [-0.1, -0.05) is 20.8 Å². The molecule has 0 aliphatic carbocycles. The fraction of sp³-hybridized carbons (Fsp3) is 0.938. The summed E-state index contributed by atoms with van der Waals surface area (Å²) in [7, 11) is 0. The second-order valence-electron chi connectivity index (χ2n) is 7.98. The Labute approximate surface area is 123 Å². The molecule has 0 spiro atoms. The smallest absolute Gasteiger partial charge is 0.410 e. The first-order valence-electron chi connectivity index (χ1n) is 7.63. The van der Waals surface area contributed by atoms with Gasteiger partial charge in [-0.15, -0.1) is 0 Å². The molecule has 118 valence electrons. The number of piperidine rings is 1. The maximum absolute atomic E-state index is 12.1. The molecule has 4 nitrogen and oxygen atoms in total. The third-order valence-corrected chi connectivity index (χ3v) is 3.98. The van der Waals surface area contributed by atoms with Gasteiger partial charge in [0.05, 0.1) is 0 Å². The SMILES string of the molecule is CC1CN(C(=O)OC(C)(C)C)CCC1CC(C)(C)CO. The number of carbonyl (C=O) groups is 1. The highest BCUT2D eigenvalue weighted by atomic mass is 16.6. The Morgan fingerprint density at radius 1 is 1.30 bits per heavy atom. The summed E-state index contributed by atoms with van der Waals surface area (Å²) < 4.78 is 5.43. The normalized spacial score (nSPS) is 24.6. The molecule has 0 saturated carbocycles. The lowest BCUT2D eigenvalue weighted by Crippen LogP contribution is -2.46. The Hall–Kier alpha value is -0.770. The third-order valence-electron chi connectivity index (χ3n) is 3.98. The first-order chi connectivity index (χ1) is 9.04. The van der Waals surface area contributed by atoms with Crippen molar-refractivity contribution in [2.75, 3.05) is 19.7 Å². The summed E-state index contributed by atoms with van der Waals surface area (Å²) in [6.45, 7) is 13.8. The molecule has 1 amide bonds. The maximum Gasteiger partial charge on any atom is 0.410 e. The van der Waals surface area contributed by atoms with Crippen molar-refractivity contribution in [2.24, 2.45) is 17.3 Å². The van der Waals surface area contributed by atoms with Gasteiger partial charge in [0, 0.05) is 19.7 Å². The van der Waals surface area contributed by atoms with Crippen molar-refractivity contribution in [3.05, 3.63) is 0 Å². The minimum atomic E-state index is -0.434. The average Bonchev–Trinajstić information content (AvgIpc) is 2.29. The van der Waals surface area contributed by atoms with Crippen molar-refractivity contribution >= 4 is 6.09 Å². The van der Waals surface area contributed by atoms with Gasteiger partial charge in [0.1, 0.15) is 5.60 Å². The van der Waals surface area contributed by atoms with Gasteiger partial charge in [0.25, 0.3) is 0 Å². The van der Waals surface area contributed by atoms with Crippen LogP contribution in [0.1, 0.15) is 54.4 Å². The van der Waals surface area contributed by atoms with Crippen molar-refractivity contribution < 1.29 is 14.6 Å². The van der Waals surface area contributed by atoms with Crippen LogP contribution in [0.2, 0.25) is 0 Å². The molecular weight excluding hydrogens is 254 g/mol. The molecule has 4 heteroatoms. The molecule has 1 aliphatic rings. The third kappa shape index (κ3) is 5.31. The molecule has 1 aliphatic heterocycles. The zero-order valence-corrected chi connectivity index (χ0v) is 13.9. The van der Waals surface area contributed by atoms with E-state index in [1.54, 1.807) is 0 Å². The van der Waals surface area contributed by atoms with Crippen molar-refractivity contribution in [1.29, 1.82) is 0 Å². The zero-order chi connectivity index (χ0) is 15.6. The standard InChI is InChI=1S/C16H31NO3/c1-12-10-17(14(19)20-15(2,3)4)8-7-13(12)9-16(5,6)11-18/h12-13,18H,7-11H2,1-6H3. The van der Waals surface area contributed by atoms with Gasteiger partial charge in [-0.2, -0.15) is 0 Å². The van der Waals surface area contributed by atoms with Gasteiger partial charge < -0.3 is 14.7 Å². The molecule has 1 fully saturated rings. The van der Waals surface area contributed by atoms with E-state index in [0.29, 0.717) is 11.8 Å². The van der Waals surface area contributed by atoms with Crippen molar-refractivity contribution in [2.45, 2.75) is 60.0 Å². The van der Waals surface area contributed by atoms with Gasteiger partial charge in [0.15, 0.2) is 0 Å². The molecule has 1 heterocycles. The van der Waals surface area contributed by atoms with Gasteiger partial charge in [-0.05, 0) is 50.9 Å². The van der Waals surface area contributed by atoms with E-state index in [0.717, 1.165) is 25.9 Å². The van der Waals surface area contributed by atoms with Crippen LogP contribution in [0.15, 0.2) is 0 Å². The van der Waals surface area contributed by atoms with Crippen molar-refractivity contribution in [3.63, 3.8) is 0 Å². The van der Waals surface area contributed by atoms with Gasteiger partial charge in [-0.3, -0.25) is 0 Å². The summed E-state index contributed by atoms with van der Waals surface area (Å²) in [6, 6.07) is 0. The van der Waals surface area contributed by atoms with Crippen LogP contribution in [-0.2, 0) is 4.74 Å². The number of aliphatic hydroxyl groups excluding tert-OH is 1. The summed E-state index contributed by atoms with van der Waals surface area (Å²) in [5, 5.41) is 9.39. The molecule has 1 saturated heterocycles. The van der Waals surface area contributed by atoms with E-state index in [1.165, 1.54) is 0 Å². The summed E-state index contributed by atoms with van der Waals surface area (Å²) in [4.78, 5) is 13.9. The Morgan fingerprint density at radius 2 is 1.90 bits per heavy atom.